The number of halogens is 2. The maximum absolute atomic E-state index is 13.7. The first-order valence-electron chi connectivity index (χ1n) is 7.83. The van der Waals surface area contributed by atoms with Crippen molar-refractivity contribution in [2.24, 2.45) is 10.9 Å². The molecule has 8 heteroatoms. The lowest BCUT2D eigenvalue weighted by molar-refractivity contribution is 0.127. The molecule has 0 fully saturated rings. The van der Waals surface area contributed by atoms with E-state index < -0.39 is 0 Å². The molecular formula is C18H17BrFN5O. The minimum atomic E-state index is -0.371. The van der Waals surface area contributed by atoms with Crippen molar-refractivity contribution in [3.63, 3.8) is 0 Å². The Morgan fingerprint density at radius 2 is 2.08 bits per heavy atom. The fraction of sp³-hybridized carbons (Fsp3) is 0.167. The second kappa shape index (κ2) is 7.65. The van der Waals surface area contributed by atoms with Gasteiger partial charge in [-0.15, -0.1) is 0 Å². The zero-order valence-electron chi connectivity index (χ0n) is 14.3. The smallest absolute Gasteiger partial charge is 0.171 e. The van der Waals surface area contributed by atoms with Crippen molar-refractivity contribution >= 4 is 21.8 Å². The van der Waals surface area contributed by atoms with Crippen LogP contribution in [0.25, 0.3) is 5.82 Å². The third kappa shape index (κ3) is 4.08. The number of nitrogens with two attached hydrogens (primary N) is 1. The largest absolute Gasteiger partial charge is 0.389 e. The Morgan fingerprint density at radius 3 is 2.69 bits per heavy atom. The van der Waals surface area contributed by atoms with Crippen molar-refractivity contribution in [3.05, 3.63) is 75.4 Å². The van der Waals surface area contributed by atoms with Gasteiger partial charge < -0.3 is 10.6 Å². The summed E-state index contributed by atoms with van der Waals surface area (Å²) in [6.07, 6.45) is 1.59. The molecule has 6 nitrogen and oxygen atoms in total. The highest BCUT2D eigenvalue weighted by molar-refractivity contribution is 9.10. The number of aromatic nitrogens is 3. The molecule has 3 rings (SSSR count). The molecule has 3 aromatic rings. The Kier molecular flexibility index (Phi) is 5.32. The number of oxime groups is 1. The summed E-state index contributed by atoms with van der Waals surface area (Å²) in [5.41, 5.74) is 8.81. The SMILES string of the molecule is Cc1cc(C)n(-c2ccc(/C(N)=N/OCc3ccc(Br)cc3F)cn2)n1. The molecule has 0 bridgehead atoms. The van der Waals surface area contributed by atoms with E-state index in [0.29, 0.717) is 21.4 Å². The predicted octanol–water partition coefficient (Wildman–Crippen LogP) is 3.62. The van der Waals surface area contributed by atoms with Crippen LogP contribution in [0, 0.1) is 19.7 Å². The molecule has 1 aromatic carbocycles. The minimum Gasteiger partial charge on any atom is -0.389 e. The van der Waals surface area contributed by atoms with Crippen LogP contribution in [0.5, 0.6) is 0 Å². The van der Waals surface area contributed by atoms with E-state index in [1.165, 1.54) is 6.07 Å². The molecular weight excluding hydrogens is 401 g/mol. The predicted molar refractivity (Wildman–Crippen MR) is 100 cm³/mol. The normalized spacial score (nSPS) is 11.6. The summed E-state index contributed by atoms with van der Waals surface area (Å²) in [4.78, 5) is 9.51. The van der Waals surface area contributed by atoms with Gasteiger partial charge in [-0.05, 0) is 44.2 Å². The number of nitrogens with zero attached hydrogens (tertiary/aromatic N) is 4. The van der Waals surface area contributed by atoms with Crippen molar-refractivity contribution in [3.8, 4) is 5.82 Å². The third-order valence-corrected chi connectivity index (χ3v) is 4.16. The first-order chi connectivity index (χ1) is 12.4. The molecule has 0 aliphatic rings. The van der Waals surface area contributed by atoms with Gasteiger partial charge in [-0.25, -0.2) is 14.1 Å². The molecule has 0 aliphatic heterocycles. The molecule has 0 spiro atoms. The van der Waals surface area contributed by atoms with Crippen molar-refractivity contribution in [1.29, 1.82) is 0 Å². The maximum Gasteiger partial charge on any atom is 0.171 e. The molecule has 134 valence electrons. The van der Waals surface area contributed by atoms with Crippen LogP contribution < -0.4 is 5.73 Å². The van der Waals surface area contributed by atoms with E-state index in [2.05, 4.69) is 31.2 Å². The molecule has 0 saturated carbocycles. The van der Waals surface area contributed by atoms with Crippen LogP contribution in [-0.2, 0) is 11.4 Å². The van der Waals surface area contributed by atoms with Gasteiger partial charge >= 0.3 is 0 Å². The van der Waals surface area contributed by atoms with Gasteiger partial charge in [-0.3, -0.25) is 0 Å². The number of hydrogen-bond acceptors (Lipinski definition) is 4. The zero-order chi connectivity index (χ0) is 18.7. The molecule has 2 aromatic heterocycles. The topological polar surface area (TPSA) is 78.3 Å². The maximum atomic E-state index is 13.7. The van der Waals surface area contributed by atoms with Crippen LogP contribution >= 0.6 is 15.9 Å². The zero-order valence-corrected chi connectivity index (χ0v) is 15.9. The summed E-state index contributed by atoms with van der Waals surface area (Å²) < 4.78 is 16.1. The number of hydrogen-bond donors (Lipinski definition) is 1. The standard InChI is InChI=1S/C18H17BrFN5O/c1-11-7-12(2)25(23-11)17-6-4-13(9-22-17)18(21)24-26-10-14-3-5-15(19)8-16(14)20/h3-9H,10H2,1-2H3,(H2,21,24). The second-order valence-corrected chi connectivity index (χ2v) is 6.65. The van der Waals surface area contributed by atoms with E-state index in [9.17, 15) is 4.39 Å². The van der Waals surface area contributed by atoms with Gasteiger partial charge in [-0.1, -0.05) is 27.2 Å². The van der Waals surface area contributed by atoms with Crippen LogP contribution in [0.15, 0.2) is 52.2 Å². The fourth-order valence-electron chi connectivity index (χ4n) is 2.39. The van der Waals surface area contributed by atoms with Gasteiger partial charge in [0.25, 0.3) is 0 Å². The molecule has 2 heterocycles. The van der Waals surface area contributed by atoms with E-state index >= 15 is 0 Å². The van der Waals surface area contributed by atoms with Crippen LogP contribution in [0.4, 0.5) is 4.39 Å². The van der Waals surface area contributed by atoms with Crippen molar-refractivity contribution in [1.82, 2.24) is 14.8 Å². The Balaban J connectivity index is 1.68. The minimum absolute atomic E-state index is 0.0168. The molecule has 0 saturated heterocycles. The molecule has 0 unspecified atom stereocenters. The van der Waals surface area contributed by atoms with Crippen LogP contribution in [0.3, 0.4) is 0 Å². The number of benzene rings is 1. The van der Waals surface area contributed by atoms with E-state index in [0.717, 1.165) is 11.4 Å². The fourth-order valence-corrected chi connectivity index (χ4v) is 2.72. The Hall–Kier alpha value is -2.74. The summed E-state index contributed by atoms with van der Waals surface area (Å²) in [6.45, 7) is 3.87. The average Bonchev–Trinajstić information content (AvgIpc) is 2.95. The quantitative estimate of drug-likeness (QED) is 0.390. The van der Waals surface area contributed by atoms with Gasteiger partial charge in [0.05, 0.1) is 5.69 Å². The summed E-state index contributed by atoms with van der Waals surface area (Å²) in [5.74, 6) is 0.476. The third-order valence-electron chi connectivity index (χ3n) is 3.67. The molecule has 26 heavy (non-hydrogen) atoms. The first kappa shape index (κ1) is 18.1. The lowest BCUT2D eigenvalue weighted by Crippen LogP contribution is -2.15. The van der Waals surface area contributed by atoms with Gasteiger partial charge in [-0.2, -0.15) is 5.10 Å². The van der Waals surface area contributed by atoms with Gasteiger partial charge in [0.15, 0.2) is 11.7 Å². The lowest BCUT2D eigenvalue weighted by Gasteiger charge is -2.06. The summed E-state index contributed by atoms with van der Waals surface area (Å²) in [7, 11) is 0. The Morgan fingerprint density at radius 1 is 1.27 bits per heavy atom. The van der Waals surface area contributed by atoms with E-state index in [1.807, 2.05) is 19.9 Å². The Bertz CT molecular complexity index is 953. The van der Waals surface area contributed by atoms with E-state index in [4.69, 9.17) is 10.6 Å². The van der Waals surface area contributed by atoms with Crippen LogP contribution in [0.1, 0.15) is 22.5 Å². The first-order valence-corrected chi connectivity index (χ1v) is 8.63. The molecule has 0 amide bonds. The van der Waals surface area contributed by atoms with Crippen LogP contribution in [0.2, 0.25) is 0 Å². The van der Waals surface area contributed by atoms with E-state index in [1.54, 1.807) is 35.1 Å². The van der Waals surface area contributed by atoms with Gasteiger partial charge in [0.1, 0.15) is 12.4 Å². The monoisotopic (exact) mass is 417 g/mol. The molecule has 0 atom stereocenters. The molecule has 0 aliphatic carbocycles. The number of rotatable bonds is 5. The van der Waals surface area contributed by atoms with Crippen molar-refractivity contribution in [2.75, 3.05) is 0 Å². The van der Waals surface area contributed by atoms with Crippen molar-refractivity contribution in [2.45, 2.75) is 20.5 Å². The molecule has 0 radical (unpaired) electrons. The lowest BCUT2D eigenvalue weighted by atomic mass is 10.2. The second-order valence-electron chi connectivity index (χ2n) is 5.73. The summed E-state index contributed by atoms with van der Waals surface area (Å²) in [5, 5.41) is 8.21. The highest BCUT2D eigenvalue weighted by Crippen LogP contribution is 2.16. The molecule has 2 N–H and O–H groups in total. The van der Waals surface area contributed by atoms with E-state index in [-0.39, 0.29) is 18.3 Å². The van der Waals surface area contributed by atoms with Crippen molar-refractivity contribution < 1.29 is 9.23 Å². The highest BCUT2D eigenvalue weighted by atomic mass is 79.9. The summed E-state index contributed by atoms with van der Waals surface area (Å²) >= 11 is 3.21. The number of aryl methyl sites for hydroxylation is 2. The highest BCUT2D eigenvalue weighted by Gasteiger charge is 2.07. The van der Waals surface area contributed by atoms with Gasteiger partial charge in [0.2, 0.25) is 0 Å². The average molecular weight is 418 g/mol. The number of amidine groups is 1. The number of pyridine rings is 1. The summed E-state index contributed by atoms with van der Waals surface area (Å²) in [6, 6.07) is 10.3. The Labute approximate surface area is 158 Å². The van der Waals surface area contributed by atoms with Gasteiger partial charge in [0, 0.05) is 27.5 Å². The van der Waals surface area contributed by atoms with Crippen LogP contribution in [-0.4, -0.2) is 20.6 Å².